The van der Waals surface area contributed by atoms with E-state index in [4.69, 9.17) is 0 Å². The van der Waals surface area contributed by atoms with E-state index >= 15 is 0 Å². The third-order valence-corrected chi connectivity index (χ3v) is 3.70. The summed E-state index contributed by atoms with van der Waals surface area (Å²) in [5, 5.41) is 2.68. The van der Waals surface area contributed by atoms with E-state index in [-0.39, 0.29) is 5.91 Å². The van der Waals surface area contributed by atoms with Crippen molar-refractivity contribution in [3.8, 4) is 0 Å². The lowest BCUT2D eigenvalue weighted by Crippen LogP contribution is -2.07. The van der Waals surface area contributed by atoms with Gasteiger partial charge in [0.15, 0.2) is 0 Å². The molecule has 0 aliphatic carbocycles. The molecule has 4 heteroatoms. The highest BCUT2D eigenvalue weighted by Gasteiger charge is 1.99. The standard InChI is InChI=1S/C9H7BrINO/c1-2-9(13)12-6-3-4-7(10)8(11)5-6/h2-5H,1H2,(H,12,13). The quantitative estimate of drug-likeness (QED) is 0.643. The Balaban J connectivity index is 2.85. The predicted molar refractivity (Wildman–Crippen MR) is 65.7 cm³/mol. The average molecular weight is 352 g/mol. The van der Waals surface area contributed by atoms with Crippen molar-refractivity contribution in [2.75, 3.05) is 5.32 Å². The number of rotatable bonds is 2. The molecular weight excluding hydrogens is 345 g/mol. The Morgan fingerprint density at radius 3 is 2.85 bits per heavy atom. The number of nitrogens with one attached hydrogen (secondary N) is 1. The smallest absolute Gasteiger partial charge is 0.247 e. The summed E-state index contributed by atoms with van der Waals surface area (Å²) < 4.78 is 2.07. The van der Waals surface area contributed by atoms with Crippen LogP contribution in [0.5, 0.6) is 0 Å². The molecule has 0 fully saturated rings. The lowest BCUT2D eigenvalue weighted by atomic mass is 10.3. The number of carbonyl (C=O) groups excluding carboxylic acids is 1. The zero-order chi connectivity index (χ0) is 9.84. The minimum absolute atomic E-state index is 0.196. The maximum Gasteiger partial charge on any atom is 0.247 e. The molecule has 1 N–H and O–H groups in total. The fraction of sp³-hybridized carbons (Fsp3) is 0. The van der Waals surface area contributed by atoms with E-state index < -0.39 is 0 Å². The molecule has 68 valence electrons. The molecule has 0 aliphatic rings. The molecule has 1 amide bonds. The summed E-state index contributed by atoms with van der Waals surface area (Å²) in [5.74, 6) is -0.196. The molecule has 0 spiro atoms. The maximum atomic E-state index is 10.9. The molecular formula is C9H7BrINO. The summed E-state index contributed by atoms with van der Waals surface area (Å²) in [5.41, 5.74) is 0.775. The summed E-state index contributed by atoms with van der Waals surface area (Å²) in [6, 6.07) is 5.60. The van der Waals surface area contributed by atoms with Gasteiger partial charge in [-0.1, -0.05) is 6.58 Å². The summed E-state index contributed by atoms with van der Waals surface area (Å²) in [6.07, 6.45) is 1.24. The van der Waals surface area contributed by atoms with Gasteiger partial charge in [-0.25, -0.2) is 0 Å². The van der Waals surface area contributed by atoms with Gasteiger partial charge in [0.2, 0.25) is 5.91 Å². The van der Waals surface area contributed by atoms with Crippen LogP contribution in [0.1, 0.15) is 0 Å². The van der Waals surface area contributed by atoms with Gasteiger partial charge in [-0.3, -0.25) is 4.79 Å². The van der Waals surface area contributed by atoms with Crippen LogP contribution < -0.4 is 5.32 Å². The molecule has 1 aromatic rings. The summed E-state index contributed by atoms with van der Waals surface area (Å²) in [7, 11) is 0. The van der Waals surface area contributed by atoms with E-state index in [1.165, 1.54) is 6.08 Å². The SMILES string of the molecule is C=CC(=O)Nc1ccc(Br)c(I)c1. The second-order valence-electron chi connectivity index (χ2n) is 2.32. The van der Waals surface area contributed by atoms with Gasteiger partial charge in [0, 0.05) is 13.7 Å². The number of halogens is 2. The molecule has 1 rings (SSSR count). The number of anilines is 1. The second kappa shape index (κ2) is 4.76. The molecule has 0 heterocycles. The van der Waals surface area contributed by atoms with Gasteiger partial charge >= 0.3 is 0 Å². The first-order valence-electron chi connectivity index (χ1n) is 3.52. The predicted octanol–water partition coefficient (Wildman–Crippen LogP) is 3.18. The molecule has 1 aromatic carbocycles. The van der Waals surface area contributed by atoms with Crippen molar-refractivity contribution in [2.45, 2.75) is 0 Å². The largest absolute Gasteiger partial charge is 0.322 e. The Hall–Kier alpha value is -0.360. The molecule has 0 bridgehead atoms. The number of benzene rings is 1. The summed E-state index contributed by atoms with van der Waals surface area (Å²) >= 11 is 5.56. The van der Waals surface area contributed by atoms with Crippen LogP contribution in [0.2, 0.25) is 0 Å². The molecule has 0 unspecified atom stereocenters. The van der Waals surface area contributed by atoms with Crippen molar-refractivity contribution >= 4 is 50.1 Å². The molecule has 13 heavy (non-hydrogen) atoms. The van der Waals surface area contributed by atoms with Crippen molar-refractivity contribution in [1.29, 1.82) is 0 Å². The van der Waals surface area contributed by atoms with Gasteiger partial charge in [0.05, 0.1) is 0 Å². The zero-order valence-electron chi connectivity index (χ0n) is 6.68. The monoisotopic (exact) mass is 351 g/mol. The fourth-order valence-corrected chi connectivity index (χ4v) is 1.53. The van der Waals surface area contributed by atoms with Gasteiger partial charge in [0.25, 0.3) is 0 Å². The van der Waals surface area contributed by atoms with Crippen LogP contribution in [-0.4, -0.2) is 5.91 Å². The highest BCUT2D eigenvalue weighted by atomic mass is 127. The van der Waals surface area contributed by atoms with Crippen molar-refractivity contribution < 1.29 is 4.79 Å². The molecule has 2 nitrogen and oxygen atoms in total. The highest BCUT2D eigenvalue weighted by Crippen LogP contribution is 2.22. The molecule has 0 saturated carbocycles. The lowest BCUT2D eigenvalue weighted by Gasteiger charge is -2.03. The number of hydrogen-bond acceptors (Lipinski definition) is 1. The zero-order valence-corrected chi connectivity index (χ0v) is 10.4. The molecule has 0 atom stereocenters. The minimum atomic E-state index is -0.196. The minimum Gasteiger partial charge on any atom is -0.322 e. The van der Waals surface area contributed by atoms with Crippen molar-refractivity contribution in [3.63, 3.8) is 0 Å². The van der Waals surface area contributed by atoms with E-state index in [9.17, 15) is 4.79 Å². The first kappa shape index (κ1) is 10.7. The van der Waals surface area contributed by atoms with Crippen molar-refractivity contribution in [1.82, 2.24) is 0 Å². The summed E-state index contributed by atoms with van der Waals surface area (Å²) in [4.78, 5) is 10.9. The molecule has 0 radical (unpaired) electrons. The normalized spacial score (nSPS) is 9.38. The summed E-state index contributed by atoms with van der Waals surface area (Å²) in [6.45, 7) is 3.37. The van der Waals surface area contributed by atoms with Crippen LogP contribution in [0.3, 0.4) is 0 Å². The van der Waals surface area contributed by atoms with E-state index in [1.54, 1.807) is 0 Å². The highest BCUT2D eigenvalue weighted by molar-refractivity contribution is 14.1. The van der Waals surface area contributed by atoms with Crippen LogP contribution in [-0.2, 0) is 4.79 Å². The molecule has 0 aromatic heterocycles. The van der Waals surface area contributed by atoms with E-state index in [0.29, 0.717) is 0 Å². The van der Waals surface area contributed by atoms with Crippen molar-refractivity contribution in [3.05, 3.63) is 38.9 Å². The Labute approximate surface area is 98.7 Å². The number of carbonyl (C=O) groups is 1. The molecule has 0 aliphatic heterocycles. The lowest BCUT2D eigenvalue weighted by molar-refractivity contribution is -0.111. The third kappa shape index (κ3) is 3.11. The average Bonchev–Trinajstić information content (AvgIpc) is 2.11. The number of amides is 1. The van der Waals surface area contributed by atoms with Crippen LogP contribution >= 0.6 is 38.5 Å². The van der Waals surface area contributed by atoms with Gasteiger partial charge in [0.1, 0.15) is 0 Å². The van der Waals surface area contributed by atoms with E-state index in [0.717, 1.165) is 13.7 Å². The van der Waals surface area contributed by atoms with E-state index in [1.807, 2.05) is 18.2 Å². The van der Waals surface area contributed by atoms with Gasteiger partial charge < -0.3 is 5.32 Å². The van der Waals surface area contributed by atoms with Crippen LogP contribution in [0, 0.1) is 3.57 Å². The van der Waals surface area contributed by atoms with Crippen LogP contribution in [0.25, 0.3) is 0 Å². The third-order valence-electron chi connectivity index (χ3n) is 1.37. The van der Waals surface area contributed by atoms with Crippen molar-refractivity contribution in [2.24, 2.45) is 0 Å². The Bertz CT molecular complexity index is 351. The van der Waals surface area contributed by atoms with Gasteiger partial charge in [-0.15, -0.1) is 0 Å². The van der Waals surface area contributed by atoms with Crippen LogP contribution in [0.4, 0.5) is 5.69 Å². The Morgan fingerprint density at radius 2 is 2.31 bits per heavy atom. The second-order valence-corrected chi connectivity index (χ2v) is 4.34. The Morgan fingerprint density at radius 1 is 1.62 bits per heavy atom. The maximum absolute atomic E-state index is 10.9. The fourth-order valence-electron chi connectivity index (χ4n) is 0.767. The topological polar surface area (TPSA) is 29.1 Å². The Kier molecular flexibility index (Phi) is 3.92. The molecule has 0 saturated heterocycles. The van der Waals surface area contributed by atoms with Gasteiger partial charge in [-0.2, -0.15) is 0 Å². The first-order valence-corrected chi connectivity index (χ1v) is 5.39. The first-order chi connectivity index (χ1) is 6.13. The van der Waals surface area contributed by atoms with E-state index in [2.05, 4.69) is 50.4 Å². The van der Waals surface area contributed by atoms with Crippen LogP contribution in [0.15, 0.2) is 35.3 Å². The number of hydrogen-bond donors (Lipinski definition) is 1. The van der Waals surface area contributed by atoms with Gasteiger partial charge in [-0.05, 0) is 62.8 Å².